The van der Waals surface area contributed by atoms with Crippen LogP contribution in [0.25, 0.3) is 10.2 Å². The Hall–Kier alpha value is -1.00. The monoisotopic (exact) mass is 222 g/mol. The maximum absolute atomic E-state index is 9.82. The number of aliphatic hydroxyl groups is 1. The normalized spacial score (nSPS) is 13.6. The van der Waals surface area contributed by atoms with Crippen LogP contribution in [0.3, 0.4) is 0 Å². The van der Waals surface area contributed by atoms with Crippen LogP contribution in [0.1, 0.15) is 19.5 Å². The van der Waals surface area contributed by atoms with Crippen molar-refractivity contribution < 1.29 is 5.11 Å². The van der Waals surface area contributed by atoms with Gasteiger partial charge in [-0.05, 0) is 17.4 Å². The molecule has 0 aromatic carbocycles. The molecule has 2 aromatic rings. The van der Waals surface area contributed by atoms with E-state index in [0.29, 0.717) is 6.42 Å². The molecule has 1 N–H and O–H groups in total. The van der Waals surface area contributed by atoms with E-state index in [2.05, 4.69) is 9.97 Å². The molecule has 1 unspecified atom stereocenters. The molecule has 2 aromatic heterocycles. The largest absolute Gasteiger partial charge is 0.392 e. The summed E-state index contributed by atoms with van der Waals surface area (Å²) in [7, 11) is 0. The second-order valence-electron chi connectivity index (χ2n) is 3.98. The number of aromatic nitrogens is 2. The van der Waals surface area contributed by atoms with Crippen LogP contribution in [-0.2, 0) is 6.42 Å². The van der Waals surface area contributed by atoms with Crippen molar-refractivity contribution in [3.8, 4) is 0 Å². The van der Waals surface area contributed by atoms with Crippen LogP contribution in [0, 0.1) is 5.92 Å². The first-order valence-corrected chi connectivity index (χ1v) is 5.91. The van der Waals surface area contributed by atoms with E-state index >= 15 is 0 Å². The topological polar surface area (TPSA) is 46.0 Å². The summed E-state index contributed by atoms with van der Waals surface area (Å²) in [4.78, 5) is 9.41. The molecule has 0 saturated carbocycles. The number of thiophene rings is 1. The first-order valence-electron chi connectivity index (χ1n) is 5.03. The van der Waals surface area contributed by atoms with E-state index in [1.165, 1.54) is 0 Å². The van der Waals surface area contributed by atoms with Crippen molar-refractivity contribution >= 4 is 21.6 Å². The third kappa shape index (κ3) is 2.16. The molecule has 4 heteroatoms. The molecule has 2 rings (SSSR count). The second-order valence-corrected chi connectivity index (χ2v) is 4.87. The molecule has 0 aliphatic rings. The van der Waals surface area contributed by atoms with Crippen LogP contribution in [0.5, 0.6) is 0 Å². The molecule has 1 atom stereocenters. The van der Waals surface area contributed by atoms with Gasteiger partial charge < -0.3 is 5.11 Å². The van der Waals surface area contributed by atoms with Gasteiger partial charge in [-0.25, -0.2) is 9.97 Å². The fraction of sp³-hybridized carbons (Fsp3) is 0.455. The highest BCUT2D eigenvalue weighted by Crippen LogP contribution is 2.22. The van der Waals surface area contributed by atoms with Crippen LogP contribution in [0.4, 0.5) is 0 Å². The maximum atomic E-state index is 9.82. The van der Waals surface area contributed by atoms with Crippen molar-refractivity contribution in [3.05, 3.63) is 23.5 Å². The highest BCUT2D eigenvalue weighted by atomic mass is 32.1. The molecule has 0 bridgehead atoms. The van der Waals surface area contributed by atoms with Gasteiger partial charge in [-0.1, -0.05) is 13.8 Å². The lowest BCUT2D eigenvalue weighted by atomic mass is 10.0. The SMILES string of the molecule is CC(C)C(O)Cc1ncnc2sccc12. The lowest BCUT2D eigenvalue weighted by molar-refractivity contribution is 0.125. The Morgan fingerprint density at radius 2 is 2.20 bits per heavy atom. The molecule has 0 aliphatic heterocycles. The molecule has 0 amide bonds. The van der Waals surface area contributed by atoms with Crippen LogP contribution >= 0.6 is 11.3 Å². The van der Waals surface area contributed by atoms with E-state index in [0.717, 1.165) is 15.9 Å². The Labute approximate surface area is 92.8 Å². The van der Waals surface area contributed by atoms with Gasteiger partial charge in [-0.3, -0.25) is 0 Å². The van der Waals surface area contributed by atoms with Crippen LogP contribution < -0.4 is 0 Å². The number of hydrogen-bond acceptors (Lipinski definition) is 4. The van der Waals surface area contributed by atoms with E-state index in [9.17, 15) is 5.11 Å². The van der Waals surface area contributed by atoms with Gasteiger partial charge >= 0.3 is 0 Å². The van der Waals surface area contributed by atoms with Gasteiger partial charge in [-0.2, -0.15) is 0 Å². The Morgan fingerprint density at radius 1 is 1.40 bits per heavy atom. The van der Waals surface area contributed by atoms with Crippen LogP contribution in [0.2, 0.25) is 0 Å². The maximum Gasteiger partial charge on any atom is 0.126 e. The Balaban J connectivity index is 2.31. The number of fused-ring (bicyclic) bond motifs is 1. The summed E-state index contributed by atoms with van der Waals surface area (Å²) in [5, 5.41) is 12.9. The van der Waals surface area contributed by atoms with Gasteiger partial charge in [0.05, 0.1) is 11.8 Å². The lowest BCUT2D eigenvalue weighted by Crippen LogP contribution is -2.18. The summed E-state index contributed by atoms with van der Waals surface area (Å²) in [5.41, 5.74) is 0.947. The van der Waals surface area contributed by atoms with E-state index in [1.54, 1.807) is 17.7 Å². The van der Waals surface area contributed by atoms with Crippen molar-refractivity contribution in [3.63, 3.8) is 0 Å². The predicted molar refractivity (Wildman–Crippen MR) is 62.0 cm³/mol. The summed E-state index contributed by atoms with van der Waals surface area (Å²) in [6, 6.07) is 2.02. The summed E-state index contributed by atoms with van der Waals surface area (Å²) in [5.74, 6) is 0.258. The molecule has 0 spiro atoms. The van der Waals surface area contributed by atoms with E-state index in [-0.39, 0.29) is 12.0 Å². The fourth-order valence-corrected chi connectivity index (χ4v) is 2.19. The second kappa shape index (κ2) is 4.24. The zero-order valence-electron chi connectivity index (χ0n) is 8.84. The number of nitrogens with zero attached hydrogens (tertiary/aromatic N) is 2. The van der Waals surface area contributed by atoms with E-state index in [4.69, 9.17) is 0 Å². The van der Waals surface area contributed by atoms with Crippen molar-refractivity contribution in [2.24, 2.45) is 5.92 Å². The Kier molecular flexibility index (Phi) is 2.98. The van der Waals surface area contributed by atoms with Crippen LogP contribution in [-0.4, -0.2) is 21.2 Å². The first kappa shape index (κ1) is 10.5. The predicted octanol–water partition coefficient (Wildman–Crippen LogP) is 2.25. The zero-order chi connectivity index (χ0) is 10.8. The quantitative estimate of drug-likeness (QED) is 0.866. The molecule has 80 valence electrons. The number of hydrogen-bond donors (Lipinski definition) is 1. The minimum Gasteiger partial charge on any atom is -0.392 e. The van der Waals surface area contributed by atoms with E-state index < -0.39 is 0 Å². The average molecular weight is 222 g/mol. The summed E-state index contributed by atoms with van der Waals surface area (Å²) in [6.45, 7) is 4.02. The zero-order valence-corrected chi connectivity index (χ0v) is 9.66. The standard InChI is InChI=1S/C11H14N2OS/c1-7(2)10(14)5-9-8-3-4-15-11(8)13-6-12-9/h3-4,6-7,10,14H,5H2,1-2H3. The van der Waals surface area contributed by atoms with Gasteiger partial charge in [0.2, 0.25) is 0 Å². The molecule has 15 heavy (non-hydrogen) atoms. The van der Waals surface area contributed by atoms with Gasteiger partial charge in [0.1, 0.15) is 11.2 Å². The average Bonchev–Trinajstić information content (AvgIpc) is 2.66. The number of rotatable bonds is 3. The summed E-state index contributed by atoms with van der Waals surface area (Å²) < 4.78 is 0. The molecular weight excluding hydrogens is 208 g/mol. The highest BCUT2D eigenvalue weighted by Gasteiger charge is 2.13. The van der Waals surface area contributed by atoms with Crippen molar-refractivity contribution in [1.29, 1.82) is 0 Å². The minimum atomic E-state index is -0.331. The van der Waals surface area contributed by atoms with Crippen molar-refractivity contribution in [2.75, 3.05) is 0 Å². The smallest absolute Gasteiger partial charge is 0.126 e. The van der Waals surface area contributed by atoms with Crippen molar-refractivity contribution in [2.45, 2.75) is 26.4 Å². The van der Waals surface area contributed by atoms with Gasteiger partial charge in [0.25, 0.3) is 0 Å². The van der Waals surface area contributed by atoms with Crippen LogP contribution in [0.15, 0.2) is 17.8 Å². The van der Waals surface area contributed by atoms with Crippen molar-refractivity contribution in [1.82, 2.24) is 9.97 Å². The summed E-state index contributed by atoms with van der Waals surface area (Å²) >= 11 is 1.60. The molecule has 3 nitrogen and oxygen atoms in total. The first-order chi connectivity index (χ1) is 7.18. The Bertz CT molecular complexity index is 453. The third-order valence-electron chi connectivity index (χ3n) is 2.52. The molecule has 2 heterocycles. The van der Waals surface area contributed by atoms with E-state index in [1.807, 2.05) is 25.3 Å². The summed E-state index contributed by atoms with van der Waals surface area (Å²) in [6.07, 6.45) is 1.84. The molecule has 0 fully saturated rings. The molecule has 0 aliphatic carbocycles. The van der Waals surface area contributed by atoms with Gasteiger partial charge in [-0.15, -0.1) is 11.3 Å². The molecular formula is C11H14N2OS. The van der Waals surface area contributed by atoms with Gasteiger partial charge in [0, 0.05) is 11.8 Å². The number of aliphatic hydroxyl groups excluding tert-OH is 1. The fourth-order valence-electron chi connectivity index (χ4n) is 1.44. The van der Waals surface area contributed by atoms with Gasteiger partial charge in [0.15, 0.2) is 0 Å². The lowest BCUT2D eigenvalue weighted by Gasteiger charge is -2.13. The molecule has 0 radical (unpaired) electrons. The minimum absolute atomic E-state index is 0.258. The third-order valence-corrected chi connectivity index (χ3v) is 3.34. The Morgan fingerprint density at radius 3 is 2.93 bits per heavy atom. The highest BCUT2D eigenvalue weighted by molar-refractivity contribution is 7.16. The molecule has 0 saturated heterocycles.